The van der Waals surface area contributed by atoms with Crippen LogP contribution in [0.1, 0.15) is 36.8 Å². The molecule has 0 saturated heterocycles. The molecule has 1 saturated carbocycles. The van der Waals surface area contributed by atoms with Gasteiger partial charge in [0.15, 0.2) is 0 Å². The van der Waals surface area contributed by atoms with Crippen molar-refractivity contribution in [3.05, 3.63) is 98.5 Å². The van der Waals surface area contributed by atoms with Gasteiger partial charge in [-0.1, -0.05) is 71.2 Å². The average Bonchev–Trinajstić information content (AvgIpc) is 3.51. The first-order chi connectivity index (χ1) is 21.0. The fourth-order valence-corrected chi connectivity index (χ4v) is 6.40. The molecule has 0 bridgehead atoms. The summed E-state index contributed by atoms with van der Waals surface area (Å²) in [5.41, 5.74) is 1.03. The number of halogens is 1. The van der Waals surface area contributed by atoms with Crippen LogP contribution in [-0.2, 0) is 32.6 Å². The zero-order valence-electron chi connectivity index (χ0n) is 24.5. The van der Waals surface area contributed by atoms with E-state index in [2.05, 4.69) is 21.2 Å². The average molecular weight is 688 g/mol. The van der Waals surface area contributed by atoms with E-state index < -0.39 is 33.4 Å². The van der Waals surface area contributed by atoms with Crippen molar-refractivity contribution in [3.63, 3.8) is 0 Å². The highest BCUT2D eigenvalue weighted by Gasteiger charge is 2.35. The molecule has 1 aliphatic carbocycles. The van der Waals surface area contributed by atoms with Crippen LogP contribution in [0.4, 0.5) is 11.4 Å². The van der Waals surface area contributed by atoms with Crippen molar-refractivity contribution in [2.45, 2.75) is 50.7 Å². The van der Waals surface area contributed by atoms with Gasteiger partial charge in [0.2, 0.25) is 21.8 Å². The Hall–Kier alpha value is -3.97. The minimum atomic E-state index is -4.15. The van der Waals surface area contributed by atoms with Crippen molar-refractivity contribution in [1.29, 1.82) is 0 Å². The molecule has 2 amide bonds. The number of hydrogen-bond acceptors (Lipinski definition) is 7. The van der Waals surface area contributed by atoms with E-state index in [1.807, 2.05) is 54.6 Å². The Morgan fingerprint density at radius 1 is 1.05 bits per heavy atom. The summed E-state index contributed by atoms with van der Waals surface area (Å²) in [7, 11) is -2.85. The molecule has 0 aromatic heterocycles. The molecule has 13 heteroatoms. The Morgan fingerprint density at radius 3 is 2.30 bits per heavy atom. The summed E-state index contributed by atoms with van der Waals surface area (Å²) in [6, 6.07) is 19.1. The molecule has 11 nitrogen and oxygen atoms in total. The second-order valence-corrected chi connectivity index (χ2v) is 13.5. The Bertz CT molecular complexity index is 1580. The number of non-ortho nitro benzene ring substituents is 1. The number of amides is 2. The third-order valence-electron chi connectivity index (χ3n) is 7.56. The lowest BCUT2D eigenvalue weighted by Crippen LogP contribution is -2.54. The van der Waals surface area contributed by atoms with Crippen molar-refractivity contribution >= 4 is 49.1 Å². The topological polar surface area (TPSA) is 139 Å². The normalized spacial score (nSPS) is 14.1. The number of nitro groups is 1. The molecule has 44 heavy (non-hydrogen) atoms. The Kier molecular flexibility index (Phi) is 11.0. The van der Waals surface area contributed by atoms with E-state index in [0.29, 0.717) is 0 Å². The summed E-state index contributed by atoms with van der Waals surface area (Å²) in [6.45, 7) is -0.694. The second kappa shape index (κ2) is 14.7. The number of methoxy groups -OCH3 is 1. The van der Waals surface area contributed by atoms with Crippen LogP contribution in [0, 0.1) is 10.1 Å². The van der Waals surface area contributed by atoms with Crippen molar-refractivity contribution in [1.82, 2.24) is 10.2 Å². The quantitative estimate of drug-likeness (QED) is 0.201. The predicted molar refractivity (Wildman–Crippen MR) is 171 cm³/mol. The molecule has 3 aromatic rings. The smallest absolute Gasteiger partial charge is 0.271 e. The first-order valence-corrected chi connectivity index (χ1v) is 16.8. The van der Waals surface area contributed by atoms with Crippen LogP contribution >= 0.6 is 15.9 Å². The fraction of sp³-hybridized carbons (Fsp3) is 0.355. The molecule has 3 aromatic carbocycles. The summed E-state index contributed by atoms with van der Waals surface area (Å²) in [4.78, 5) is 40.5. The summed E-state index contributed by atoms with van der Waals surface area (Å²) >= 11 is 3.42. The zero-order valence-corrected chi connectivity index (χ0v) is 26.9. The van der Waals surface area contributed by atoms with E-state index in [-0.39, 0.29) is 42.0 Å². The lowest BCUT2D eigenvalue weighted by Gasteiger charge is -2.34. The number of nitrogens with zero attached hydrogens (tertiary/aromatic N) is 3. The van der Waals surface area contributed by atoms with Gasteiger partial charge in [-0.25, -0.2) is 8.42 Å². The van der Waals surface area contributed by atoms with Gasteiger partial charge in [0.1, 0.15) is 24.0 Å². The van der Waals surface area contributed by atoms with Crippen molar-refractivity contribution in [2.75, 3.05) is 24.2 Å². The summed E-state index contributed by atoms with van der Waals surface area (Å²) in [6.07, 6.45) is 4.80. The SMILES string of the molecule is COc1ccc([N+](=O)[O-])cc1N(CC(=O)N(Cc1ccc(Br)cc1)[C@@H](Cc1ccccc1)C(=O)NC1CCCC1)S(C)(=O)=O. The lowest BCUT2D eigenvalue weighted by molar-refractivity contribution is -0.384. The molecule has 0 spiro atoms. The largest absolute Gasteiger partial charge is 0.495 e. The van der Waals surface area contributed by atoms with Crippen molar-refractivity contribution < 1.29 is 27.7 Å². The first kappa shape index (κ1) is 32.9. The van der Waals surface area contributed by atoms with Crippen LogP contribution in [0.15, 0.2) is 77.3 Å². The number of carbonyl (C=O) groups is 2. The van der Waals surface area contributed by atoms with Crippen LogP contribution in [0.25, 0.3) is 0 Å². The summed E-state index contributed by atoms with van der Waals surface area (Å²) in [5.74, 6) is -0.951. The van der Waals surface area contributed by atoms with Gasteiger partial charge in [0.25, 0.3) is 5.69 Å². The van der Waals surface area contributed by atoms with E-state index in [0.717, 1.165) is 57.9 Å². The van der Waals surface area contributed by atoms with Gasteiger partial charge in [0.05, 0.1) is 18.3 Å². The minimum Gasteiger partial charge on any atom is -0.495 e. The molecule has 0 aliphatic heterocycles. The summed E-state index contributed by atoms with van der Waals surface area (Å²) in [5, 5.41) is 14.7. The maximum absolute atomic E-state index is 14.3. The Morgan fingerprint density at radius 2 is 1.70 bits per heavy atom. The van der Waals surface area contributed by atoms with E-state index in [9.17, 15) is 28.1 Å². The molecule has 4 rings (SSSR count). The van der Waals surface area contributed by atoms with Crippen LogP contribution in [0.5, 0.6) is 5.75 Å². The molecule has 1 N–H and O–H groups in total. The molecule has 0 radical (unpaired) electrons. The van der Waals surface area contributed by atoms with E-state index >= 15 is 0 Å². The first-order valence-electron chi connectivity index (χ1n) is 14.1. The number of nitro benzene ring substituents is 1. The molecular formula is C31H35BrN4O7S. The zero-order chi connectivity index (χ0) is 31.9. The van der Waals surface area contributed by atoms with Crippen LogP contribution in [-0.4, -0.2) is 62.0 Å². The van der Waals surface area contributed by atoms with Gasteiger partial charge in [-0.3, -0.25) is 24.0 Å². The Balaban J connectivity index is 1.77. The number of rotatable bonds is 13. The minimum absolute atomic E-state index is 0.00736. The molecule has 0 heterocycles. The van der Waals surface area contributed by atoms with E-state index in [1.54, 1.807) is 0 Å². The van der Waals surface area contributed by atoms with Gasteiger partial charge < -0.3 is 15.0 Å². The third kappa shape index (κ3) is 8.56. The van der Waals surface area contributed by atoms with Crippen LogP contribution in [0.3, 0.4) is 0 Å². The van der Waals surface area contributed by atoms with Crippen LogP contribution in [0.2, 0.25) is 0 Å². The number of nitrogens with one attached hydrogen (secondary N) is 1. The monoisotopic (exact) mass is 686 g/mol. The number of hydrogen-bond donors (Lipinski definition) is 1. The van der Waals surface area contributed by atoms with Crippen molar-refractivity contribution in [2.24, 2.45) is 0 Å². The van der Waals surface area contributed by atoms with Gasteiger partial charge in [0, 0.05) is 35.6 Å². The lowest BCUT2D eigenvalue weighted by atomic mass is 10.0. The van der Waals surface area contributed by atoms with Crippen LogP contribution < -0.4 is 14.4 Å². The third-order valence-corrected chi connectivity index (χ3v) is 9.22. The second-order valence-electron chi connectivity index (χ2n) is 10.7. The van der Waals surface area contributed by atoms with Gasteiger partial charge in [-0.15, -0.1) is 0 Å². The standard InChI is InChI=1S/C31H35BrN4O7S/c1-43-29-17-16-26(36(39)40)19-27(29)35(44(2,41)42)21-30(37)34(20-23-12-14-24(32)15-13-23)28(18-22-8-4-3-5-9-22)31(38)33-25-10-6-7-11-25/h3-5,8-9,12-17,19,25,28H,6-7,10-11,18,20-21H2,1-2H3,(H,33,38)/t28-/m0/s1. The number of benzene rings is 3. The number of ether oxygens (including phenoxy) is 1. The molecule has 1 fully saturated rings. The highest BCUT2D eigenvalue weighted by atomic mass is 79.9. The van der Waals surface area contributed by atoms with Gasteiger partial charge >= 0.3 is 0 Å². The summed E-state index contributed by atoms with van der Waals surface area (Å²) < 4.78 is 33.1. The molecule has 0 unspecified atom stereocenters. The highest BCUT2D eigenvalue weighted by molar-refractivity contribution is 9.10. The predicted octanol–water partition coefficient (Wildman–Crippen LogP) is 4.83. The number of carbonyl (C=O) groups excluding carboxylic acids is 2. The van der Waals surface area contributed by atoms with E-state index in [4.69, 9.17) is 4.74 Å². The molecule has 234 valence electrons. The fourth-order valence-electron chi connectivity index (χ4n) is 5.29. The van der Waals surface area contributed by atoms with E-state index in [1.165, 1.54) is 24.1 Å². The van der Waals surface area contributed by atoms with Gasteiger partial charge in [-0.2, -0.15) is 0 Å². The highest BCUT2D eigenvalue weighted by Crippen LogP contribution is 2.34. The molecule has 1 aliphatic rings. The number of sulfonamides is 1. The maximum Gasteiger partial charge on any atom is 0.271 e. The van der Waals surface area contributed by atoms with Gasteiger partial charge in [-0.05, 0) is 42.2 Å². The maximum atomic E-state index is 14.3. The molecular weight excluding hydrogens is 652 g/mol. The van der Waals surface area contributed by atoms with Crippen molar-refractivity contribution in [3.8, 4) is 5.75 Å². The Labute approximate surface area is 265 Å². The number of anilines is 1. The molecule has 1 atom stereocenters.